The Hall–Kier alpha value is -1.66. The Balaban J connectivity index is 1.61. The van der Waals surface area contributed by atoms with E-state index in [4.69, 9.17) is 4.74 Å². The van der Waals surface area contributed by atoms with E-state index in [0.29, 0.717) is 4.88 Å². The van der Waals surface area contributed by atoms with Crippen LogP contribution in [0.15, 0.2) is 29.0 Å². The molecule has 0 aliphatic carbocycles. The van der Waals surface area contributed by atoms with Crippen LogP contribution in [0.5, 0.6) is 0 Å². The number of rotatable bonds is 5. The molecule has 1 atom stereocenters. The summed E-state index contributed by atoms with van der Waals surface area (Å²) in [6.07, 6.45) is 1.97. The SMILES string of the molecule is CC(C)c1ccsc1C(=O)OCC(=O)N1CCC[C@H]1c1cccs1. The summed E-state index contributed by atoms with van der Waals surface area (Å²) in [7, 11) is 0. The highest BCUT2D eigenvalue weighted by molar-refractivity contribution is 7.12. The molecule has 0 N–H and O–H groups in total. The Morgan fingerprint density at radius 3 is 2.83 bits per heavy atom. The van der Waals surface area contributed by atoms with Gasteiger partial charge in [0.1, 0.15) is 4.88 Å². The molecule has 2 aromatic heterocycles. The van der Waals surface area contributed by atoms with Crippen LogP contribution in [0.25, 0.3) is 0 Å². The highest BCUT2D eigenvalue weighted by atomic mass is 32.1. The van der Waals surface area contributed by atoms with Crippen molar-refractivity contribution in [1.29, 1.82) is 0 Å². The fourth-order valence-corrected chi connectivity index (χ4v) is 4.88. The number of carbonyl (C=O) groups is 2. The van der Waals surface area contributed by atoms with Gasteiger partial charge in [-0.3, -0.25) is 4.79 Å². The summed E-state index contributed by atoms with van der Waals surface area (Å²) < 4.78 is 5.30. The third-order valence-corrected chi connectivity index (χ3v) is 6.16. The molecule has 1 fully saturated rings. The lowest BCUT2D eigenvalue weighted by molar-refractivity contribution is -0.135. The number of carbonyl (C=O) groups excluding carboxylic acids is 2. The van der Waals surface area contributed by atoms with Crippen LogP contribution >= 0.6 is 22.7 Å². The van der Waals surface area contributed by atoms with E-state index in [1.54, 1.807) is 11.3 Å². The summed E-state index contributed by atoms with van der Waals surface area (Å²) >= 11 is 3.04. The van der Waals surface area contributed by atoms with Crippen LogP contribution in [0.2, 0.25) is 0 Å². The number of likely N-dealkylation sites (tertiary alicyclic amines) is 1. The largest absolute Gasteiger partial charge is 0.451 e. The standard InChI is InChI=1S/C18H21NO3S2/c1-12(2)13-7-10-24-17(13)18(21)22-11-16(20)19-8-3-5-14(19)15-6-4-9-23-15/h4,6-7,9-10,12,14H,3,5,8,11H2,1-2H3/t14-/m0/s1. The van der Waals surface area contributed by atoms with Crippen LogP contribution in [0.3, 0.4) is 0 Å². The highest BCUT2D eigenvalue weighted by Gasteiger charge is 2.31. The molecule has 3 rings (SSSR count). The zero-order valence-electron chi connectivity index (χ0n) is 13.9. The van der Waals surface area contributed by atoms with Gasteiger partial charge in [0, 0.05) is 11.4 Å². The van der Waals surface area contributed by atoms with Crippen molar-refractivity contribution in [3.63, 3.8) is 0 Å². The fourth-order valence-electron chi connectivity index (χ4n) is 3.06. The molecular formula is C18H21NO3S2. The molecule has 1 aliphatic heterocycles. The van der Waals surface area contributed by atoms with E-state index in [1.165, 1.54) is 16.2 Å². The smallest absolute Gasteiger partial charge is 0.349 e. The van der Waals surface area contributed by atoms with Crippen LogP contribution in [0.1, 0.15) is 58.8 Å². The molecule has 128 valence electrons. The first-order valence-corrected chi connectivity index (χ1v) is 9.91. The van der Waals surface area contributed by atoms with E-state index < -0.39 is 5.97 Å². The number of amides is 1. The molecule has 1 amide bonds. The van der Waals surface area contributed by atoms with Crippen LogP contribution in [-0.4, -0.2) is 29.9 Å². The molecular weight excluding hydrogens is 342 g/mol. The second-order valence-corrected chi connectivity index (χ2v) is 8.09. The van der Waals surface area contributed by atoms with Gasteiger partial charge in [0.05, 0.1) is 6.04 Å². The Morgan fingerprint density at radius 2 is 2.12 bits per heavy atom. The lowest BCUT2D eigenvalue weighted by atomic mass is 10.0. The van der Waals surface area contributed by atoms with Crippen molar-refractivity contribution in [2.24, 2.45) is 0 Å². The zero-order valence-corrected chi connectivity index (χ0v) is 15.5. The number of thiophene rings is 2. The molecule has 24 heavy (non-hydrogen) atoms. The van der Waals surface area contributed by atoms with E-state index in [-0.39, 0.29) is 24.5 Å². The Bertz CT molecular complexity index is 706. The average Bonchev–Trinajstić information content (AvgIpc) is 3.32. The first kappa shape index (κ1) is 17.2. The lowest BCUT2D eigenvalue weighted by Gasteiger charge is -2.23. The van der Waals surface area contributed by atoms with E-state index >= 15 is 0 Å². The predicted octanol–water partition coefficient (Wildman–Crippen LogP) is 4.45. The topological polar surface area (TPSA) is 46.6 Å². The van der Waals surface area contributed by atoms with Gasteiger partial charge in [-0.05, 0) is 47.2 Å². The third-order valence-electron chi connectivity index (χ3n) is 4.27. The van der Waals surface area contributed by atoms with Crippen molar-refractivity contribution in [3.05, 3.63) is 44.3 Å². The van der Waals surface area contributed by atoms with Gasteiger partial charge in [0.15, 0.2) is 6.61 Å². The van der Waals surface area contributed by atoms with Gasteiger partial charge in [0.25, 0.3) is 5.91 Å². The normalized spacial score (nSPS) is 17.5. The van der Waals surface area contributed by atoms with Crippen molar-refractivity contribution in [3.8, 4) is 0 Å². The highest BCUT2D eigenvalue weighted by Crippen LogP contribution is 2.34. The predicted molar refractivity (Wildman–Crippen MR) is 96.7 cm³/mol. The van der Waals surface area contributed by atoms with Gasteiger partial charge in [-0.15, -0.1) is 22.7 Å². The number of hydrogen-bond acceptors (Lipinski definition) is 5. The van der Waals surface area contributed by atoms with Crippen molar-refractivity contribution in [2.75, 3.05) is 13.2 Å². The molecule has 0 bridgehead atoms. The molecule has 0 saturated carbocycles. The van der Waals surface area contributed by atoms with Crippen LogP contribution in [0, 0.1) is 0 Å². The number of nitrogens with zero attached hydrogens (tertiary/aromatic N) is 1. The first-order chi connectivity index (χ1) is 11.6. The Labute approximate surface area is 150 Å². The van der Waals surface area contributed by atoms with Gasteiger partial charge in [0.2, 0.25) is 0 Å². The minimum absolute atomic E-state index is 0.109. The lowest BCUT2D eigenvalue weighted by Crippen LogP contribution is -2.34. The van der Waals surface area contributed by atoms with E-state index in [1.807, 2.05) is 41.6 Å². The maximum Gasteiger partial charge on any atom is 0.349 e. The van der Waals surface area contributed by atoms with Crippen molar-refractivity contribution in [2.45, 2.75) is 38.6 Å². The second kappa shape index (κ2) is 7.49. The average molecular weight is 364 g/mol. The fraction of sp³-hybridized carbons (Fsp3) is 0.444. The summed E-state index contributed by atoms with van der Waals surface area (Å²) in [6, 6.07) is 6.14. The molecule has 2 aromatic rings. The van der Waals surface area contributed by atoms with E-state index in [0.717, 1.165) is 24.9 Å². The Kier molecular flexibility index (Phi) is 5.36. The minimum Gasteiger partial charge on any atom is -0.451 e. The van der Waals surface area contributed by atoms with Crippen molar-refractivity contribution in [1.82, 2.24) is 4.90 Å². The molecule has 0 unspecified atom stereocenters. The number of esters is 1. The maximum atomic E-state index is 12.5. The molecule has 3 heterocycles. The first-order valence-electron chi connectivity index (χ1n) is 8.15. The molecule has 0 spiro atoms. The van der Waals surface area contributed by atoms with Crippen molar-refractivity contribution < 1.29 is 14.3 Å². The summed E-state index contributed by atoms with van der Waals surface area (Å²) in [6.45, 7) is 4.63. The minimum atomic E-state index is -0.395. The van der Waals surface area contributed by atoms with Gasteiger partial charge >= 0.3 is 5.97 Å². The molecule has 4 nitrogen and oxygen atoms in total. The van der Waals surface area contributed by atoms with Crippen LogP contribution in [-0.2, 0) is 9.53 Å². The third kappa shape index (κ3) is 3.54. The Morgan fingerprint density at radius 1 is 1.29 bits per heavy atom. The quantitative estimate of drug-likeness (QED) is 0.737. The molecule has 1 aliphatic rings. The van der Waals surface area contributed by atoms with E-state index in [9.17, 15) is 9.59 Å². The van der Waals surface area contributed by atoms with Gasteiger partial charge in [-0.1, -0.05) is 19.9 Å². The molecule has 1 saturated heterocycles. The van der Waals surface area contributed by atoms with Gasteiger partial charge < -0.3 is 9.64 Å². The molecule has 6 heteroatoms. The van der Waals surface area contributed by atoms with Gasteiger partial charge in [-0.25, -0.2) is 4.79 Å². The van der Waals surface area contributed by atoms with E-state index in [2.05, 4.69) is 6.07 Å². The maximum absolute atomic E-state index is 12.5. The summed E-state index contributed by atoms with van der Waals surface area (Å²) in [5, 5.41) is 3.92. The zero-order chi connectivity index (χ0) is 17.1. The summed E-state index contributed by atoms with van der Waals surface area (Å²) in [4.78, 5) is 28.4. The van der Waals surface area contributed by atoms with Crippen molar-refractivity contribution >= 4 is 34.6 Å². The number of hydrogen-bond donors (Lipinski definition) is 0. The monoisotopic (exact) mass is 363 g/mol. The van der Waals surface area contributed by atoms with Gasteiger partial charge in [-0.2, -0.15) is 0 Å². The van der Waals surface area contributed by atoms with Crippen LogP contribution < -0.4 is 0 Å². The summed E-state index contributed by atoms with van der Waals surface area (Å²) in [5.74, 6) is -0.243. The number of ether oxygens (including phenoxy) is 1. The second-order valence-electron chi connectivity index (χ2n) is 6.20. The molecule has 0 aromatic carbocycles. The van der Waals surface area contributed by atoms with Crippen LogP contribution in [0.4, 0.5) is 0 Å². The summed E-state index contributed by atoms with van der Waals surface area (Å²) in [5.41, 5.74) is 0.982. The molecule has 0 radical (unpaired) electrons.